The third kappa shape index (κ3) is 2.89. The van der Waals surface area contributed by atoms with Crippen molar-refractivity contribution in [2.24, 2.45) is 0 Å². The van der Waals surface area contributed by atoms with Gasteiger partial charge in [-0.3, -0.25) is 4.79 Å². The van der Waals surface area contributed by atoms with Gasteiger partial charge < -0.3 is 0 Å². The van der Waals surface area contributed by atoms with Crippen LogP contribution in [0, 0.1) is 3.57 Å². The molecule has 1 nitrogen and oxygen atoms in total. The maximum atomic E-state index is 12.8. The van der Waals surface area contributed by atoms with Crippen LogP contribution in [0.5, 0.6) is 0 Å². The molecule has 0 aromatic heterocycles. The summed E-state index contributed by atoms with van der Waals surface area (Å²) in [7, 11) is 0. The Morgan fingerprint density at radius 2 is 2.00 bits per heavy atom. The number of carbonyl (C=O) groups excluding carboxylic acids is 1. The molecule has 16 heavy (non-hydrogen) atoms. The molecule has 0 aliphatic heterocycles. The van der Waals surface area contributed by atoms with Gasteiger partial charge in [-0.15, -0.1) is 11.6 Å². The molecule has 0 bridgehead atoms. The number of alkyl halides is 4. The van der Waals surface area contributed by atoms with Gasteiger partial charge in [0, 0.05) is 13.6 Å². The predicted molar refractivity (Wildman–Crippen MR) is 66.9 cm³/mol. The molecule has 0 saturated carbocycles. The van der Waals surface area contributed by atoms with Crippen LogP contribution in [0.15, 0.2) is 16.6 Å². The Bertz CT molecular complexity index is 433. The molecule has 0 atom stereocenters. The molecule has 0 spiro atoms. The first-order valence-corrected chi connectivity index (χ1v) is 6.34. The number of rotatable bonds is 2. The lowest BCUT2D eigenvalue weighted by Crippen LogP contribution is -2.15. The lowest BCUT2D eigenvalue weighted by molar-refractivity contribution is -0.138. The number of ketones is 1. The quantitative estimate of drug-likeness (QED) is 0.386. The molecule has 1 aromatic rings. The van der Waals surface area contributed by atoms with E-state index in [-0.39, 0.29) is 4.47 Å². The Labute approximate surface area is 117 Å². The van der Waals surface area contributed by atoms with Crippen LogP contribution in [0.1, 0.15) is 15.9 Å². The summed E-state index contributed by atoms with van der Waals surface area (Å²) in [5.41, 5.74) is -1.38. The van der Waals surface area contributed by atoms with Gasteiger partial charge >= 0.3 is 6.18 Å². The second-order valence-electron chi connectivity index (χ2n) is 2.84. The topological polar surface area (TPSA) is 17.1 Å². The Morgan fingerprint density at radius 1 is 1.44 bits per heavy atom. The van der Waals surface area contributed by atoms with Crippen molar-refractivity contribution in [2.45, 2.75) is 6.18 Å². The maximum Gasteiger partial charge on any atom is 0.418 e. The fourth-order valence-electron chi connectivity index (χ4n) is 1.13. The van der Waals surface area contributed by atoms with E-state index in [0.29, 0.717) is 3.57 Å². The monoisotopic (exact) mass is 426 g/mol. The van der Waals surface area contributed by atoms with Gasteiger partial charge in [0.2, 0.25) is 0 Å². The van der Waals surface area contributed by atoms with Crippen LogP contribution in [-0.4, -0.2) is 11.7 Å². The number of hydrogen-bond acceptors (Lipinski definition) is 1. The molecule has 0 heterocycles. The molecule has 1 rings (SSSR count). The highest BCUT2D eigenvalue weighted by Gasteiger charge is 2.38. The summed E-state index contributed by atoms with van der Waals surface area (Å²) in [4.78, 5) is 11.3. The van der Waals surface area contributed by atoms with E-state index in [4.69, 9.17) is 11.6 Å². The van der Waals surface area contributed by atoms with Crippen molar-refractivity contribution < 1.29 is 18.0 Å². The average Bonchev–Trinajstić information content (AvgIpc) is 2.18. The van der Waals surface area contributed by atoms with E-state index >= 15 is 0 Å². The van der Waals surface area contributed by atoms with E-state index in [1.807, 2.05) is 0 Å². The summed E-state index contributed by atoms with van der Waals surface area (Å²) in [5, 5.41) is 0. The summed E-state index contributed by atoms with van der Waals surface area (Å²) < 4.78 is 38.5. The van der Waals surface area contributed by atoms with Crippen molar-refractivity contribution in [3.05, 3.63) is 31.3 Å². The molecule has 0 saturated heterocycles. The van der Waals surface area contributed by atoms with Crippen LogP contribution >= 0.6 is 50.1 Å². The minimum absolute atomic E-state index is 0.128. The fourth-order valence-corrected chi connectivity index (χ4v) is 2.30. The number of hydrogen-bond donors (Lipinski definition) is 0. The zero-order valence-corrected chi connectivity index (χ0v) is 12.0. The Kier molecular flexibility index (Phi) is 4.65. The fraction of sp³-hybridized carbons (Fsp3) is 0.222. The van der Waals surface area contributed by atoms with Crippen LogP contribution in [0.25, 0.3) is 0 Å². The van der Waals surface area contributed by atoms with Crippen molar-refractivity contribution >= 4 is 55.9 Å². The van der Waals surface area contributed by atoms with Gasteiger partial charge in [0.05, 0.1) is 11.4 Å². The van der Waals surface area contributed by atoms with Gasteiger partial charge in [-0.2, -0.15) is 13.2 Å². The van der Waals surface area contributed by atoms with E-state index in [2.05, 4.69) is 15.9 Å². The number of halogens is 6. The van der Waals surface area contributed by atoms with Gasteiger partial charge in [-0.05, 0) is 50.7 Å². The Morgan fingerprint density at radius 3 is 2.44 bits per heavy atom. The second-order valence-corrected chi connectivity index (χ2v) is 5.06. The molecular weight excluding hydrogens is 423 g/mol. The van der Waals surface area contributed by atoms with Gasteiger partial charge in [-0.1, -0.05) is 0 Å². The number of carbonyl (C=O) groups is 1. The zero-order chi connectivity index (χ0) is 12.5. The van der Waals surface area contributed by atoms with Crippen LogP contribution in [-0.2, 0) is 6.18 Å². The van der Waals surface area contributed by atoms with Crippen LogP contribution in [0.4, 0.5) is 13.2 Å². The molecule has 0 amide bonds. The molecule has 0 unspecified atom stereocenters. The average molecular weight is 427 g/mol. The molecular formula is C9H4BrClF3IO. The predicted octanol–water partition coefficient (Wildman–Crippen LogP) is 4.49. The first-order chi connectivity index (χ1) is 7.29. The van der Waals surface area contributed by atoms with Crippen LogP contribution in [0.2, 0.25) is 0 Å². The van der Waals surface area contributed by atoms with Crippen LogP contribution < -0.4 is 0 Å². The van der Waals surface area contributed by atoms with Crippen molar-refractivity contribution in [3.8, 4) is 0 Å². The lowest BCUT2D eigenvalue weighted by atomic mass is 10.0. The summed E-state index contributed by atoms with van der Waals surface area (Å²) >= 11 is 9.86. The van der Waals surface area contributed by atoms with E-state index in [1.165, 1.54) is 6.07 Å². The molecule has 0 fully saturated rings. The van der Waals surface area contributed by atoms with Gasteiger partial charge in [0.15, 0.2) is 5.78 Å². The number of benzene rings is 1. The standard InChI is InChI=1S/C9H4BrClF3IO/c10-8-5(15)2-1-4(6(16)3-11)7(8)9(12,13)14/h1-2H,3H2. The summed E-state index contributed by atoms with van der Waals surface area (Å²) in [5.74, 6) is -1.22. The third-order valence-corrected chi connectivity index (χ3v) is 4.51. The van der Waals surface area contributed by atoms with Crippen LogP contribution in [0.3, 0.4) is 0 Å². The molecule has 0 aliphatic rings. The van der Waals surface area contributed by atoms with E-state index in [1.54, 1.807) is 22.6 Å². The van der Waals surface area contributed by atoms with Gasteiger partial charge in [-0.25, -0.2) is 0 Å². The Hall–Kier alpha value is 0.180. The number of Topliss-reactive ketones (excluding diaryl/α,β-unsaturated/α-hetero) is 1. The van der Waals surface area contributed by atoms with E-state index < -0.39 is 29.0 Å². The van der Waals surface area contributed by atoms with Crippen molar-refractivity contribution in [3.63, 3.8) is 0 Å². The third-order valence-electron chi connectivity index (χ3n) is 1.80. The lowest BCUT2D eigenvalue weighted by Gasteiger charge is -2.14. The molecule has 1 aromatic carbocycles. The molecule has 0 N–H and O–H groups in total. The largest absolute Gasteiger partial charge is 0.418 e. The van der Waals surface area contributed by atoms with Gasteiger partial charge in [0.1, 0.15) is 0 Å². The highest BCUT2D eigenvalue weighted by molar-refractivity contribution is 14.1. The summed E-state index contributed by atoms with van der Waals surface area (Å²) in [6.45, 7) is 0. The smallest absolute Gasteiger partial charge is 0.293 e. The summed E-state index contributed by atoms with van der Waals surface area (Å²) in [6, 6.07) is 2.57. The maximum absolute atomic E-state index is 12.8. The highest BCUT2D eigenvalue weighted by atomic mass is 127. The van der Waals surface area contributed by atoms with E-state index in [0.717, 1.165) is 6.07 Å². The molecule has 88 valence electrons. The molecule has 0 radical (unpaired) electrons. The van der Waals surface area contributed by atoms with Crippen molar-refractivity contribution in [2.75, 3.05) is 5.88 Å². The molecule has 7 heteroatoms. The summed E-state index contributed by atoms with van der Waals surface area (Å²) in [6.07, 6.45) is -4.59. The normalized spacial score (nSPS) is 11.6. The highest BCUT2D eigenvalue weighted by Crippen LogP contribution is 2.39. The second kappa shape index (κ2) is 5.22. The first kappa shape index (κ1) is 14.2. The minimum Gasteiger partial charge on any atom is -0.293 e. The van der Waals surface area contributed by atoms with E-state index in [9.17, 15) is 18.0 Å². The van der Waals surface area contributed by atoms with Crippen molar-refractivity contribution in [1.82, 2.24) is 0 Å². The minimum atomic E-state index is -4.59. The molecule has 0 aliphatic carbocycles. The Balaban J connectivity index is 3.52. The first-order valence-electron chi connectivity index (χ1n) is 3.93. The SMILES string of the molecule is O=C(CCl)c1ccc(I)c(Br)c1C(F)(F)F. The van der Waals surface area contributed by atoms with Gasteiger partial charge in [0.25, 0.3) is 0 Å². The van der Waals surface area contributed by atoms with Crippen molar-refractivity contribution in [1.29, 1.82) is 0 Å². The zero-order valence-electron chi connectivity index (χ0n) is 7.54.